The molecule has 0 saturated carbocycles. The summed E-state index contributed by atoms with van der Waals surface area (Å²) in [5.41, 5.74) is 1.25. The Hall–Kier alpha value is -0.610. The maximum atomic E-state index is 4.06. The molecule has 4 heteroatoms. The van der Waals surface area contributed by atoms with Crippen molar-refractivity contribution in [1.29, 1.82) is 0 Å². The minimum absolute atomic E-state index is 0.690. The molecule has 0 atom stereocenters. The second-order valence-electron chi connectivity index (χ2n) is 3.85. The highest BCUT2D eigenvalue weighted by molar-refractivity contribution is 9.10. The first kappa shape index (κ1) is 9.93. The van der Waals surface area contributed by atoms with Gasteiger partial charge in [0.05, 0.1) is 10.2 Å². The Morgan fingerprint density at radius 2 is 2.21 bits per heavy atom. The Bertz CT molecular complexity index is 321. The molecule has 1 aliphatic heterocycles. The van der Waals surface area contributed by atoms with Crippen LogP contribution in [0.3, 0.4) is 0 Å². The second kappa shape index (κ2) is 3.87. The van der Waals surface area contributed by atoms with Gasteiger partial charge in [-0.05, 0) is 36.1 Å². The fourth-order valence-corrected chi connectivity index (χ4v) is 2.10. The van der Waals surface area contributed by atoms with Gasteiger partial charge in [-0.1, -0.05) is 0 Å². The summed E-state index contributed by atoms with van der Waals surface area (Å²) in [6.07, 6.45) is 3.68. The lowest BCUT2D eigenvalue weighted by Gasteiger charge is -2.44. The standard InChI is InChI=1S/C10H14BrN3/c1-13(2)8-6-14(7-8)10-3-4-12-5-9(10)11/h3-5,8H,6-7H2,1-2H3. The fraction of sp³-hybridized carbons (Fsp3) is 0.500. The summed E-state index contributed by atoms with van der Waals surface area (Å²) in [5, 5.41) is 0. The van der Waals surface area contributed by atoms with E-state index in [2.05, 4.69) is 50.9 Å². The molecule has 0 aliphatic carbocycles. The van der Waals surface area contributed by atoms with Crippen molar-refractivity contribution >= 4 is 21.6 Å². The van der Waals surface area contributed by atoms with E-state index < -0.39 is 0 Å². The summed E-state index contributed by atoms with van der Waals surface area (Å²) in [4.78, 5) is 8.68. The van der Waals surface area contributed by atoms with Crippen molar-refractivity contribution in [2.45, 2.75) is 6.04 Å². The molecule has 0 unspecified atom stereocenters. The molecule has 2 heterocycles. The van der Waals surface area contributed by atoms with E-state index in [0.29, 0.717) is 6.04 Å². The summed E-state index contributed by atoms with van der Waals surface area (Å²) < 4.78 is 1.08. The lowest BCUT2D eigenvalue weighted by Crippen LogP contribution is -2.57. The van der Waals surface area contributed by atoms with Crippen LogP contribution in [0.25, 0.3) is 0 Å². The zero-order chi connectivity index (χ0) is 10.1. The van der Waals surface area contributed by atoms with E-state index in [9.17, 15) is 0 Å². The quantitative estimate of drug-likeness (QED) is 0.801. The molecule has 1 aliphatic rings. The molecular formula is C10H14BrN3. The van der Waals surface area contributed by atoms with Crippen LogP contribution in [0.1, 0.15) is 0 Å². The zero-order valence-corrected chi connectivity index (χ0v) is 10.0. The first-order valence-corrected chi connectivity index (χ1v) is 5.48. The maximum Gasteiger partial charge on any atom is 0.0592 e. The van der Waals surface area contributed by atoms with Crippen LogP contribution in [-0.2, 0) is 0 Å². The summed E-state index contributed by atoms with van der Waals surface area (Å²) in [7, 11) is 4.26. The number of nitrogens with zero attached hydrogens (tertiary/aromatic N) is 3. The van der Waals surface area contributed by atoms with Gasteiger partial charge in [0.2, 0.25) is 0 Å². The number of pyridine rings is 1. The van der Waals surface area contributed by atoms with E-state index in [0.717, 1.165) is 17.6 Å². The third-order valence-corrected chi connectivity index (χ3v) is 3.30. The molecule has 14 heavy (non-hydrogen) atoms. The van der Waals surface area contributed by atoms with Gasteiger partial charge in [-0.15, -0.1) is 0 Å². The summed E-state index contributed by atoms with van der Waals surface area (Å²) in [5.74, 6) is 0. The SMILES string of the molecule is CN(C)C1CN(c2ccncc2Br)C1. The van der Waals surface area contributed by atoms with Crippen LogP contribution in [0, 0.1) is 0 Å². The Morgan fingerprint density at radius 3 is 2.79 bits per heavy atom. The molecule has 1 fully saturated rings. The Kier molecular flexibility index (Phi) is 2.74. The third-order valence-electron chi connectivity index (χ3n) is 2.68. The highest BCUT2D eigenvalue weighted by atomic mass is 79.9. The topological polar surface area (TPSA) is 19.4 Å². The number of hydrogen-bond donors (Lipinski definition) is 0. The van der Waals surface area contributed by atoms with Crippen LogP contribution in [0.4, 0.5) is 5.69 Å². The van der Waals surface area contributed by atoms with Crippen molar-refractivity contribution in [2.75, 3.05) is 32.1 Å². The molecule has 76 valence electrons. The van der Waals surface area contributed by atoms with Crippen LogP contribution in [-0.4, -0.2) is 43.1 Å². The Labute approximate surface area is 92.9 Å². The molecule has 3 nitrogen and oxygen atoms in total. The highest BCUT2D eigenvalue weighted by Gasteiger charge is 2.29. The molecule has 1 saturated heterocycles. The van der Waals surface area contributed by atoms with Crippen molar-refractivity contribution in [1.82, 2.24) is 9.88 Å². The van der Waals surface area contributed by atoms with E-state index in [1.807, 2.05) is 12.4 Å². The van der Waals surface area contributed by atoms with Gasteiger partial charge >= 0.3 is 0 Å². The fourth-order valence-electron chi connectivity index (χ4n) is 1.60. The molecule has 1 aromatic rings. The van der Waals surface area contributed by atoms with Crippen LogP contribution in [0.15, 0.2) is 22.9 Å². The van der Waals surface area contributed by atoms with E-state index in [1.54, 1.807) is 0 Å². The monoisotopic (exact) mass is 255 g/mol. The van der Waals surface area contributed by atoms with Gasteiger partial charge in [0.15, 0.2) is 0 Å². The van der Waals surface area contributed by atoms with E-state index >= 15 is 0 Å². The molecule has 0 bridgehead atoms. The molecule has 0 N–H and O–H groups in total. The smallest absolute Gasteiger partial charge is 0.0592 e. The second-order valence-corrected chi connectivity index (χ2v) is 4.70. The summed E-state index contributed by atoms with van der Waals surface area (Å²) >= 11 is 3.51. The maximum absolute atomic E-state index is 4.06. The predicted molar refractivity (Wildman–Crippen MR) is 61.6 cm³/mol. The van der Waals surface area contributed by atoms with Gasteiger partial charge in [0.1, 0.15) is 0 Å². The van der Waals surface area contributed by atoms with Crippen LogP contribution < -0.4 is 4.90 Å². The van der Waals surface area contributed by atoms with Crippen molar-refractivity contribution in [2.24, 2.45) is 0 Å². The Balaban J connectivity index is 2.03. The lowest BCUT2D eigenvalue weighted by atomic mass is 10.1. The van der Waals surface area contributed by atoms with E-state index in [-0.39, 0.29) is 0 Å². The summed E-state index contributed by atoms with van der Waals surface area (Å²) in [6, 6.07) is 2.74. The first-order valence-electron chi connectivity index (χ1n) is 4.69. The zero-order valence-electron chi connectivity index (χ0n) is 8.44. The number of likely N-dealkylation sites (N-methyl/N-ethyl adjacent to an activating group) is 1. The number of rotatable bonds is 2. The molecule has 0 amide bonds. The minimum atomic E-state index is 0.690. The van der Waals surface area contributed by atoms with Crippen molar-refractivity contribution in [3.63, 3.8) is 0 Å². The highest BCUT2D eigenvalue weighted by Crippen LogP contribution is 2.29. The molecule has 2 rings (SSSR count). The molecule has 0 aromatic carbocycles. The van der Waals surface area contributed by atoms with Crippen molar-refractivity contribution in [3.05, 3.63) is 22.9 Å². The van der Waals surface area contributed by atoms with Gasteiger partial charge in [-0.2, -0.15) is 0 Å². The van der Waals surface area contributed by atoms with Gasteiger partial charge < -0.3 is 9.80 Å². The van der Waals surface area contributed by atoms with E-state index in [1.165, 1.54) is 5.69 Å². The van der Waals surface area contributed by atoms with Crippen molar-refractivity contribution < 1.29 is 0 Å². The average molecular weight is 256 g/mol. The normalized spacial score (nSPS) is 17.3. The average Bonchev–Trinajstić information content (AvgIpc) is 2.05. The van der Waals surface area contributed by atoms with Gasteiger partial charge in [0.25, 0.3) is 0 Å². The largest absolute Gasteiger partial charge is 0.367 e. The van der Waals surface area contributed by atoms with Gasteiger partial charge in [0, 0.05) is 31.5 Å². The minimum Gasteiger partial charge on any atom is -0.367 e. The number of halogens is 1. The van der Waals surface area contributed by atoms with Crippen LogP contribution >= 0.6 is 15.9 Å². The predicted octanol–water partition coefficient (Wildman–Crippen LogP) is 1.59. The third kappa shape index (κ3) is 1.77. The Morgan fingerprint density at radius 1 is 1.50 bits per heavy atom. The van der Waals surface area contributed by atoms with Gasteiger partial charge in [-0.3, -0.25) is 4.98 Å². The molecular weight excluding hydrogens is 242 g/mol. The molecule has 0 spiro atoms. The van der Waals surface area contributed by atoms with Crippen LogP contribution in [0.5, 0.6) is 0 Å². The van der Waals surface area contributed by atoms with E-state index in [4.69, 9.17) is 0 Å². The number of aromatic nitrogens is 1. The lowest BCUT2D eigenvalue weighted by molar-refractivity contribution is 0.247. The number of anilines is 1. The first-order chi connectivity index (χ1) is 6.68. The van der Waals surface area contributed by atoms with Crippen molar-refractivity contribution in [3.8, 4) is 0 Å². The summed E-state index contributed by atoms with van der Waals surface area (Å²) in [6.45, 7) is 2.21. The molecule has 1 aromatic heterocycles. The van der Waals surface area contributed by atoms with Crippen LogP contribution in [0.2, 0.25) is 0 Å². The number of hydrogen-bond acceptors (Lipinski definition) is 3. The molecule has 0 radical (unpaired) electrons. The van der Waals surface area contributed by atoms with Gasteiger partial charge in [-0.25, -0.2) is 0 Å².